The second-order valence-corrected chi connectivity index (χ2v) is 3.90. The zero-order chi connectivity index (χ0) is 11.1. The maximum Gasteiger partial charge on any atom is 0.0327 e. The SMILES string of the molecule is C(#Cc1[c]cccc1)/C=C/C1=CCCCC1. The van der Waals surface area contributed by atoms with Gasteiger partial charge in [-0.05, 0) is 43.9 Å². The molecule has 0 amide bonds. The van der Waals surface area contributed by atoms with Crippen LogP contribution in [0.15, 0.2) is 48.1 Å². The average molecular weight is 207 g/mol. The molecular weight excluding hydrogens is 192 g/mol. The van der Waals surface area contributed by atoms with Crippen molar-refractivity contribution in [1.29, 1.82) is 0 Å². The van der Waals surface area contributed by atoms with E-state index in [2.05, 4.69) is 30.1 Å². The molecule has 2 rings (SSSR count). The van der Waals surface area contributed by atoms with E-state index in [1.54, 1.807) is 0 Å². The standard InChI is InChI=1S/C16H15/c1-3-9-15(10-4-1)13-7-8-14-16-11-5-2-6-12-16/h1,3-4,8-9,11,14H,2,5-6,12H2/b14-8+. The third kappa shape index (κ3) is 3.44. The van der Waals surface area contributed by atoms with Gasteiger partial charge < -0.3 is 0 Å². The van der Waals surface area contributed by atoms with E-state index in [0.717, 1.165) is 5.56 Å². The summed E-state index contributed by atoms with van der Waals surface area (Å²) >= 11 is 0. The topological polar surface area (TPSA) is 0 Å². The molecule has 0 unspecified atom stereocenters. The van der Waals surface area contributed by atoms with E-state index in [9.17, 15) is 0 Å². The lowest BCUT2D eigenvalue weighted by Gasteiger charge is -2.07. The minimum atomic E-state index is 0.949. The normalized spacial score (nSPS) is 15.4. The fourth-order valence-electron chi connectivity index (χ4n) is 1.75. The molecule has 0 bridgehead atoms. The van der Waals surface area contributed by atoms with Gasteiger partial charge in [-0.3, -0.25) is 0 Å². The Hall–Kier alpha value is -1.74. The minimum Gasteiger partial charge on any atom is -0.0813 e. The molecule has 0 saturated heterocycles. The van der Waals surface area contributed by atoms with Crippen LogP contribution in [0, 0.1) is 17.9 Å². The Bertz CT molecular complexity index is 438. The van der Waals surface area contributed by atoms with E-state index in [1.165, 1.54) is 31.3 Å². The van der Waals surface area contributed by atoms with Crippen molar-refractivity contribution in [3.05, 3.63) is 59.7 Å². The lowest BCUT2D eigenvalue weighted by Crippen LogP contribution is -1.87. The van der Waals surface area contributed by atoms with Crippen LogP contribution in [-0.2, 0) is 0 Å². The van der Waals surface area contributed by atoms with Gasteiger partial charge in [0, 0.05) is 5.56 Å². The van der Waals surface area contributed by atoms with Crippen molar-refractivity contribution in [3.63, 3.8) is 0 Å². The minimum absolute atomic E-state index is 0.949. The molecule has 1 aliphatic rings. The Morgan fingerprint density at radius 3 is 3.00 bits per heavy atom. The Morgan fingerprint density at radius 2 is 2.25 bits per heavy atom. The first-order chi connectivity index (χ1) is 7.95. The molecule has 1 aliphatic carbocycles. The van der Waals surface area contributed by atoms with E-state index >= 15 is 0 Å². The fraction of sp³-hybridized carbons (Fsp3) is 0.250. The number of rotatable bonds is 1. The summed E-state index contributed by atoms with van der Waals surface area (Å²) in [6.45, 7) is 0. The molecule has 79 valence electrons. The van der Waals surface area contributed by atoms with Crippen LogP contribution >= 0.6 is 0 Å². The number of benzene rings is 1. The summed E-state index contributed by atoms with van der Waals surface area (Å²) in [6, 6.07) is 10.9. The predicted molar refractivity (Wildman–Crippen MR) is 67.8 cm³/mol. The maximum absolute atomic E-state index is 3.08. The van der Waals surface area contributed by atoms with Crippen molar-refractivity contribution in [3.8, 4) is 11.8 Å². The van der Waals surface area contributed by atoms with Crippen LogP contribution in [0.1, 0.15) is 31.2 Å². The van der Waals surface area contributed by atoms with E-state index in [1.807, 2.05) is 30.3 Å². The Kier molecular flexibility index (Phi) is 4.02. The van der Waals surface area contributed by atoms with Crippen LogP contribution in [0.5, 0.6) is 0 Å². The lowest BCUT2D eigenvalue weighted by atomic mass is 9.99. The molecule has 0 N–H and O–H groups in total. The predicted octanol–water partition coefficient (Wildman–Crippen LogP) is 3.89. The van der Waals surface area contributed by atoms with Gasteiger partial charge in [-0.15, -0.1) is 0 Å². The van der Waals surface area contributed by atoms with Crippen LogP contribution in [0.3, 0.4) is 0 Å². The molecular formula is C16H15. The average Bonchev–Trinajstić information content (AvgIpc) is 2.37. The highest BCUT2D eigenvalue weighted by atomic mass is 14.0. The number of hydrogen-bond acceptors (Lipinski definition) is 0. The van der Waals surface area contributed by atoms with Crippen molar-refractivity contribution in [2.75, 3.05) is 0 Å². The van der Waals surface area contributed by atoms with Gasteiger partial charge in [0.1, 0.15) is 0 Å². The van der Waals surface area contributed by atoms with Gasteiger partial charge in [-0.2, -0.15) is 0 Å². The van der Waals surface area contributed by atoms with Crippen molar-refractivity contribution >= 4 is 0 Å². The molecule has 0 heterocycles. The summed E-state index contributed by atoms with van der Waals surface area (Å²) < 4.78 is 0. The molecule has 0 aliphatic heterocycles. The van der Waals surface area contributed by atoms with E-state index in [-0.39, 0.29) is 0 Å². The van der Waals surface area contributed by atoms with Crippen molar-refractivity contribution < 1.29 is 0 Å². The van der Waals surface area contributed by atoms with E-state index in [0.29, 0.717) is 0 Å². The fourth-order valence-corrected chi connectivity index (χ4v) is 1.75. The molecule has 1 aromatic rings. The van der Waals surface area contributed by atoms with Gasteiger partial charge in [0.25, 0.3) is 0 Å². The number of hydrogen-bond donors (Lipinski definition) is 0. The van der Waals surface area contributed by atoms with Crippen molar-refractivity contribution in [2.24, 2.45) is 0 Å². The highest BCUT2D eigenvalue weighted by Crippen LogP contribution is 2.17. The summed E-state index contributed by atoms with van der Waals surface area (Å²) in [7, 11) is 0. The summed E-state index contributed by atoms with van der Waals surface area (Å²) in [6.07, 6.45) is 11.5. The van der Waals surface area contributed by atoms with Crippen molar-refractivity contribution in [1.82, 2.24) is 0 Å². The second-order valence-electron chi connectivity index (χ2n) is 3.90. The molecule has 1 radical (unpaired) electrons. The Labute approximate surface area is 97.7 Å². The van der Waals surface area contributed by atoms with Gasteiger partial charge in [0.2, 0.25) is 0 Å². The highest BCUT2D eigenvalue weighted by Gasteiger charge is 1.98. The summed E-state index contributed by atoms with van der Waals surface area (Å²) in [4.78, 5) is 0. The largest absolute Gasteiger partial charge is 0.0813 e. The van der Waals surface area contributed by atoms with Gasteiger partial charge in [0.15, 0.2) is 0 Å². The smallest absolute Gasteiger partial charge is 0.0327 e. The third-order valence-corrected chi connectivity index (χ3v) is 2.62. The van der Waals surface area contributed by atoms with Crippen LogP contribution in [-0.4, -0.2) is 0 Å². The first-order valence-corrected chi connectivity index (χ1v) is 5.79. The van der Waals surface area contributed by atoms with E-state index in [4.69, 9.17) is 0 Å². The van der Waals surface area contributed by atoms with Gasteiger partial charge in [-0.1, -0.05) is 47.8 Å². The number of allylic oxidation sites excluding steroid dienone is 4. The van der Waals surface area contributed by atoms with Crippen LogP contribution in [0.2, 0.25) is 0 Å². The molecule has 0 fully saturated rings. The first kappa shape index (κ1) is 10.8. The zero-order valence-electron chi connectivity index (χ0n) is 9.37. The van der Waals surface area contributed by atoms with Crippen molar-refractivity contribution in [2.45, 2.75) is 25.7 Å². The molecule has 0 spiro atoms. The molecule has 0 atom stereocenters. The molecule has 0 saturated carbocycles. The highest BCUT2D eigenvalue weighted by molar-refractivity contribution is 5.37. The summed E-state index contributed by atoms with van der Waals surface area (Å²) in [5, 5.41) is 0. The monoisotopic (exact) mass is 207 g/mol. The van der Waals surface area contributed by atoms with Crippen LogP contribution < -0.4 is 0 Å². The van der Waals surface area contributed by atoms with E-state index < -0.39 is 0 Å². The molecule has 0 nitrogen and oxygen atoms in total. The van der Waals surface area contributed by atoms with Crippen LogP contribution in [0.4, 0.5) is 0 Å². The molecule has 0 aromatic heterocycles. The Balaban J connectivity index is 1.94. The molecule has 0 heteroatoms. The Morgan fingerprint density at radius 1 is 1.25 bits per heavy atom. The third-order valence-electron chi connectivity index (χ3n) is 2.62. The summed E-state index contributed by atoms with van der Waals surface area (Å²) in [5.74, 6) is 6.11. The molecule has 1 aromatic carbocycles. The quantitative estimate of drug-likeness (QED) is 0.613. The molecule has 16 heavy (non-hydrogen) atoms. The van der Waals surface area contributed by atoms with Gasteiger partial charge in [0.05, 0.1) is 0 Å². The van der Waals surface area contributed by atoms with Gasteiger partial charge >= 0.3 is 0 Å². The van der Waals surface area contributed by atoms with Crippen LogP contribution in [0.25, 0.3) is 0 Å². The zero-order valence-corrected chi connectivity index (χ0v) is 9.37. The lowest BCUT2D eigenvalue weighted by molar-refractivity contribution is 0.712. The first-order valence-electron chi connectivity index (χ1n) is 5.79. The summed E-state index contributed by atoms with van der Waals surface area (Å²) in [5.41, 5.74) is 2.38. The van der Waals surface area contributed by atoms with Gasteiger partial charge in [-0.25, -0.2) is 0 Å². The second kappa shape index (κ2) is 5.98. The maximum atomic E-state index is 3.08.